The Morgan fingerprint density at radius 3 is 2.83 bits per heavy atom. The van der Waals surface area contributed by atoms with E-state index in [9.17, 15) is 19.8 Å². The quantitative estimate of drug-likeness (QED) is 0.615. The van der Waals surface area contributed by atoms with Crippen LogP contribution in [0.25, 0.3) is 10.2 Å². The maximum atomic E-state index is 13.6. The first kappa shape index (κ1) is 24.3. The zero-order chi connectivity index (χ0) is 25.5. The van der Waals surface area contributed by atoms with Crippen molar-refractivity contribution in [3.63, 3.8) is 0 Å². The zero-order valence-corrected chi connectivity index (χ0v) is 22.1. The number of aromatic nitrogens is 1. The number of aryl methyl sites for hydroxylation is 1. The number of allylic oxidation sites excluding steroid dienone is 1. The topological polar surface area (TPSA) is 96.7 Å². The molecule has 6 nitrogen and oxygen atoms in total. The van der Waals surface area contributed by atoms with Gasteiger partial charge >= 0.3 is 0 Å². The van der Waals surface area contributed by atoms with E-state index in [4.69, 9.17) is 4.74 Å². The molecule has 1 aromatic heterocycles. The van der Waals surface area contributed by atoms with E-state index in [-0.39, 0.29) is 41.3 Å². The predicted octanol–water partition coefficient (Wildman–Crippen LogP) is 4.79. The molecule has 192 valence electrons. The molecule has 0 aliphatic heterocycles. The lowest BCUT2D eigenvalue weighted by molar-refractivity contribution is -0.181. The SMILES string of the molecule is Cc1nc2c(OCC(=O)[C@@]3(O)CCC4C5CCC6=CC(=O)CCC6(C)C5C(O)CC43C)cccc2s1. The summed E-state index contributed by atoms with van der Waals surface area (Å²) in [6.45, 7) is 5.95. The van der Waals surface area contributed by atoms with Gasteiger partial charge in [-0.1, -0.05) is 25.5 Å². The van der Waals surface area contributed by atoms with E-state index in [1.165, 1.54) is 5.57 Å². The number of ketones is 2. The number of benzene rings is 1. The summed E-state index contributed by atoms with van der Waals surface area (Å²) in [5.74, 6) is 0.879. The molecule has 0 bridgehead atoms. The van der Waals surface area contributed by atoms with Gasteiger partial charge in [0, 0.05) is 11.8 Å². The highest BCUT2D eigenvalue weighted by atomic mass is 32.1. The van der Waals surface area contributed by atoms with E-state index in [1.54, 1.807) is 11.3 Å². The van der Waals surface area contributed by atoms with Gasteiger partial charge < -0.3 is 14.9 Å². The number of hydrogen-bond acceptors (Lipinski definition) is 7. The second kappa shape index (κ2) is 8.20. The van der Waals surface area contributed by atoms with Crippen molar-refractivity contribution in [2.75, 3.05) is 6.61 Å². The largest absolute Gasteiger partial charge is 0.483 e. The van der Waals surface area contributed by atoms with E-state index in [0.29, 0.717) is 25.0 Å². The van der Waals surface area contributed by atoms with Crippen molar-refractivity contribution >= 4 is 33.1 Å². The summed E-state index contributed by atoms with van der Waals surface area (Å²) in [6, 6.07) is 5.69. The van der Waals surface area contributed by atoms with Gasteiger partial charge in [-0.25, -0.2) is 4.98 Å². The normalized spacial score (nSPS) is 39.8. The Morgan fingerprint density at radius 2 is 2.03 bits per heavy atom. The summed E-state index contributed by atoms with van der Waals surface area (Å²) in [7, 11) is 0. The summed E-state index contributed by atoms with van der Waals surface area (Å²) in [4.78, 5) is 30.3. The minimum absolute atomic E-state index is 0.0582. The van der Waals surface area contributed by atoms with Crippen molar-refractivity contribution in [1.29, 1.82) is 0 Å². The van der Waals surface area contributed by atoms with E-state index in [2.05, 4.69) is 11.9 Å². The number of nitrogens with zero attached hydrogens (tertiary/aromatic N) is 1. The highest BCUT2D eigenvalue weighted by Gasteiger charge is 2.68. The van der Waals surface area contributed by atoms with E-state index >= 15 is 0 Å². The van der Waals surface area contributed by atoms with Gasteiger partial charge in [0.1, 0.15) is 23.5 Å². The highest BCUT2D eigenvalue weighted by Crippen LogP contribution is 2.67. The molecule has 6 rings (SSSR count). The molecule has 0 amide bonds. The molecule has 0 saturated heterocycles. The van der Waals surface area contributed by atoms with Gasteiger partial charge in [0.25, 0.3) is 0 Å². The molecular formula is C29H35NO5S. The number of carbonyl (C=O) groups excluding carboxylic acids is 2. The number of aliphatic hydroxyl groups excluding tert-OH is 1. The Labute approximate surface area is 215 Å². The lowest BCUT2D eigenvalue weighted by Gasteiger charge is -2.60. The highest BCUT2D eigenvalue weighted by molar-refractivity contribution is 7.18. The standard InChI is InChI=1S/C29H35NO5S/c1-16-30-26-22(5-4-6-23(26)36-16)35-15-24(33)29(34)12-10-20-19-8-7-17-13-18(31)9-11-27(17,2)25(19)21(32)14-28(20,29)3/h4-6,13,19-21,25,32,34H,7-12,14-15H2,1-3H3/t19?,20?,21?,25?,27?,28?,29-/m0/s1. The molecule has 7 heteroatoms. The van der Waals surface area contributed by atoms with Crippen LogP contribution in [0, 0.1) is 35.5 Å². The van der Waals surface area contributed by atoms with Gasteiger partial charge in [-0.15, -0.1) is 11.3 Å². The van der Waals surface area contributed by atoms with Gasteiger partial charge in [0.2, 0.25) is 5.78 Å². The first-order valence-electron chi connectivity index (χ1n) is 13.2. The summed E-state index contributed by atoms with van der Waals surface area (Å²) in [5.41, 5.74) is -0.493. The van der Waals surface area contributed by atoms with Crippen molar-refractivity contribution < 1.29 is 24.5 Å². The maximum Gasteiger partial charge on any atom is 0.202 e. The van der Waals surface area contributed by atoms with Crippen LogP contribution in [0.2, 0.25) is 0 Å². The summed E-state index contributed by atoms with van der Waals surface area (Å²) in [6.07, 6.45) is 5.81. The van der Waals surface area contributed by atoms with Crippen LogP contribution in [-0.2, 0) is 9.59 Å². The second-order valence-electron chi connectivity index (χ2n) is 12.0. The molecule has 2 N–H and O–H groups in total. The number of ether oxygens (including phenoxy) is 1. The smallest absolute Gasteiger partial charge is 0.202 e. The second-order valence-corrected chi connectivity index (χ2v) is 13.3. The van der Waals surface area contributed by atoms with Crippen LogP contribution in [0.4, 0.5) is 0 Å². The van der Waals surface area contributed by atoms with Crippen molar-refractivity contribution in [1.82, 2.24) is 4.98 Å². The van der Waals surface area contributed by atoms with Crippen LogP contribution >= 0.6 is 11.3 Å². The number of carbonyl (C=O) groups is 2. The van der Waals surface area contributed by atoms with Crippen LogP contribution in [0.15, 0.2) is 29.8 Å². The molecule has 1 aromatic carbocycles. The van der Waals surface area contributed by atoms with Gasteiger partial charge in [0.05, 0.1) is 15.8 Å². The molecule has 3 fully saturated rings. The van der Waals surface area contributed by atoms with Crippen LogP contribution in [0.5, 0.6) is 5.75 Å². The molecule has 2 aromatic rings. The lowest BCUT2D eigenvalue weighted by atomic mass is 9.45. The molecule has 0 radical (unpaired) electrons. The Balaban J connectivity index is 1.25. The van der Waals surface area contributed by atoms with E-state index < -0.39 is 17.1 Å². The zero-order valence-electron chi connectivity index (χ0n) is 21.3. The molecular weight excluding hydrogens is 474 g/mol. The van der Waals surface area contributed by atoms with Crippen LogP contribution in [0.3, 0.4) is 0 Å². The van der Waals surface area contributed by atoms with Crippen molar-refractivity contribution in [2.24, 2.45) is 28.6 Å². The molecule has 4 aliphatic rings. The number of hydrogen-bond donors (Lipinski definition) is 2. The van der Waals surface area contributed by atoms with Gasteiger partial charge in [-0.3, -0.25) is 9.59 Å². The third-order valence-electron chi connectivity index (χ3n) is 10.4. The number of aliphatic hydroxyl groups is 2. The van der Waals surface area contributed by atoms with Gasteiger partial charge in [0.15, 0.2) is 5.78 Å². The molecule has 36 heavy (non-hydrogen) atoms. The molecule has 7 atom stereocenters. The number of fused-ring (bicyclic) bond motifs is 6. The monoisotopic (exact) mass is 509 g/mol. The van der Waals surface area contributed by atoms with Gasteiger partial charge in [-0.2, -0.15) is 0 Å². The Morgan fingerprint density at radius 1 is 1.22 bits per heavy atom. The van der Waals surface area contributed by atoms with Gasteiger partial charge in [-0.05, 0) is 86.8 Å². The average Bonchev–Trinajstić information content (AvgIpc) is 3.34. The number of rotatable bonds is 4. The predicted molar refractivity (Wildman–Crippen MR) is 138 cm³/mol. The van der Waals surface area contributed by atoms with Crippen molar-refractivity contribution in [3.8, 4) is 5.75 Å². The summed E-state index contributed by atoms with van der Waals surface area (Å²) in [5, 5.41) is 24.4. The fraction of sp³-hybridized carbons (Fsp3) is 0.621. The molecule has 0 spiro atoms. The fourth-order valence-electron chi connectivity index (χ4n) is 8.56. The molecule has 1 heterocycles. The first-order valence-corrected chi connectivity index (χ1v) is 14.0. The fourth-order valence-corrected chi connectivity index (χ4v) is 9.41. The summed E-state index contributed by atoms with van der Waals surface area (Å²) >= 11 is 1.58. The number of thiazole rings is 1. The van der Waals surface area contributed by atoms with E-state index in [0.717, 1.165) is 40.9 Å². The Kier molecular flexibility index (Phi) is 5.53. The molecule has 6 unspecified atom stereocenters. The van der Waals surface area contributed by atoms with E-state index in [1.807, 2.05) is 38.1 Å². The molecule has 4 aliphatic carbocycles. The number of para-hydroxylation sites is 1. The van der Waals surface area contributed by atoms with Crippen LogP contribution in [0.1, 0.15) is 63.8 Å². The van der Waals surface area contributed by atoms with Crippen molar-refractivity contribution in [3.05, 3.63) is 34.9 Å². The number of Topliss-reactive ketones (excluding diaryl/α,β-unsaturated/α-hetero) is 1. The first-order chi connectivity index (χ1) is 17.1. The minimum Gasteiger partial charge on any atom is -0.483 e. The van der Waals surface area contributed by atoms with Crippen LogP contribution < -0.4 is 4.74 Å². The maximum absolute atomic E-state index is 13.6. The Bertz CT molecular complexity index is 1280. The van der Waals surface area contributed by atoms with Crippen LogP contribution in [-0.4, -0.2) is 45.1 Å². The van der Waals surface area contributed by atoms with Crippen molar-refractivity contribution in [2.45, 2.75) is 77.4 Å². The lowest BCUT2D eigenvalue weighted by Crippen LogP contribution is -2.62. The third kappa shape index (κ3) is 3.31. The minimum atomic E-state index is -1.53. The third-order valence-corrected chi connectivity index (χ3v) is 11.3. The average molecular weight is 510 g/mol. The Hall–Kier alpha value is -2.09. The summed E-state index contributed by atoms with van der Waals surface area (Å²) < 4.78 is 6.97. The molecule has 3 saturated carbocycles.